The van der Waals surface area contributed by atoms with Crippen LogP contribution in [0.1, 0.15) is 36.1 Å². The average Bonchev–Trinajstić information content (AvgIpc) is 3.11. The van der Waals surface area contributed by atoms with Crippen LogP contribution in [0, 0.1) is 11.8 Å². The molecule has 34 heavy (non-hydrogen) atoms. The van der Waals surface area contributed by atoms with Crippen molar-refractivity contribution in [3.8, 4) is 5.75 Å². The monoisotopic (exact) mass is 451 g/mol. The van der Waals surface area contributed by atoms with Crippen LogP contribution >= 0.6 is 0 Å². The number of aldehydes is 1. The predicted octanol–water partition coefficient (Wildman–Crippen LogP) is 3.54. The lowest BCUT2D eigenvalue weighted by Gasteiger charge is -2.56. The highest BCUT2D eigenvalue weighted by atomic mass is 16.5. The standard InChI is InChI=1S/C28H21NO5/c1-16(31)34-18-9-7-8-17(14-18)29-25(32)23-24(26(29)33)28(15-30)21-12-5-3-10-19(21)27(23,2)20-11-4-6-13-22(20)28/h3-15,23-24H,1-2H3/t23-,24+,27?,28?/m1/s1. The molecule has 0 aromatic heterocycles. The lowest BCUT2D eigenvalue weighted by Crippen LogP contribution is -2.61. The molecule has 0 saturated carbocycles. The second-order valence-electron chi connectivity index (χ2n) is 9.34. The van der Waals surface area contributed by atoms with Gasteiger partial charge in [0.15, 0.2) is 0 Å². The Morgan fingerprint density at radius 3 is 1.97 bits per heavy atom. The number of imide groups is 1. The quantitative estimate of drug-likeness (QED) is 0.263. The maximum Gasteiger partial charge on any atom is 0.308 e. The summed E-state index contributed by atoms with van der Waals surface area (Å²) in [7, 11) is 0. The normalized spacial score (nSPS) is 28.2. The number of carbonyl (C=O) groups is 4. The van der Waals surface area contributed by atoms with Crippen molar-refractivity contribution >= 4 is 29.8 Å². The summed E-state index contributed by atoms with van der Waals surface area (Å²) in [5.41, 5.74) is 1.65. The van der Waals surface area contributed by atoms with Gasteiger partial charge >= 0.3 is 5.97 Å². The Kier molecular flexibility index (Phi) is 4.07. The first kappa shape index (κ1) is 20.5. The molecule has 3 aliphatic carbocycles. The first-order valence-electron chi connectivity index (χ1n) is 11.2. The van der Waals surface area contributed by atoms with E-state index < -0.39 is 34.5 Å². The van der Waals surface area contributed by atoms with Crippen LogP contribution in [0.5, 0.6) is 5.75 Å². The van der Waals surface area contributed by atoms with E-state index in [1.165, 1.54) is 13.0 Å². The average molecular weight is 451 g/mol. The number of anilines is 1. The highest BCUT2D eigenvalue weighted by Gasteiger charge is 2.72. The maximum absolute atomic E-state index is 14.0. The molecule has 168 valence electrons. The largest absolute Gasteiger partial charge is 0.427 e. The van der Waals surface area contributed by atoms with E-state index >= 15 is 0 Å². The lowest BCUT2D eigenvalue weighted by molar-refractivity contribution is -0.132. The highest BCUT2D eigenvalue weighted by Crippen LogP contribution is 2.66. The van der Waals surface area contributed by atoms with E-state index in [1.54, 1.807) is 18.2 Å². The molecular formula is C28H21NO5. The molecule has 0 radical (unpaired) electrons. The van der Waals surface area contributed by atoms with Gasteiger partial charge in [-0.3, -0.25) is 14.4 Å². The Bertz CT molecular complexity index is 1380. The molecule has 1 heterocycles. The Hall–Kier alpha value is -4.06. The lowest BCUT2D eigenvalue weighted by atomic mass is 9.42. The molecule has 6 nitrogen and oxygen atoms in total. The molecule has 1 aliphatic heterocycles. The van der Waals surface area contributed by atoms with E-state index in [-0.39, 0.29) is 11.7 Å². The fraction of sp³-hybridized carbons (Fsp3) is 0.214. The molecule has 6 heteroatoms. The van der Waals surface area contributed by atoms with Gasteiger partial charge in [-0.15, -0.1) is 0 Å². The van der Waals surface area contributed by atoms with Gasteiger partial charge in [0.05, 0.1) is 22.9 Å². The first-order chi connectivity index (χ1) is 16.4. The van der Waals surface area contributed by atoms with Gasteiger partial charge in [0.1, 0.15) is 12.0 Å². The van der Waals surface area contributed by atoms with Crippen molar-refractivity contribution in [3.63, 3.8) is 0 Å². The van der Waals surface area contributed by atoms with Crippen LogP contribution < -0.4 is 9.64 Å². The van der Waals surface area contributed by atoms with E-state index in [4.69, 9.17) is 4.74 Å². The zero-order chi connectivity index (χ0) is 23.8. The van der Waals surface area contributed by atoms with Crippen molar-refractivity contribution in [2.75, 3.05) is 4.90 Å². The van der Waals surface area contributed by atoms with Crippen molar-refractivity contribution < 1.29 is 23.9 Å². The van der Waals surface area contributed by atoms with Crippen LogP contribution in [0.3, 0.4) is 0 Å². The molecule has 1 fully saturated rings. The zero-order valence-electron chi connectivity index (χ0n) is 18.6. The topological polar surface area (TPSA) is 80.8 Å². The van der Waals surface area contributed by atoms with Crippen molar-refractivity contribution in [1.29, 1.82) is 0 Å². The van der Waals surface area contributed by atoms with E-state index in [2.05, 4.69) is 0 Å². The molecular weight excluding hydrogens is 430 g/mol. The van der Waals surface area contributed by atoms with Crippen molar-refractivity contribution in [2.45, 2.75) is 24.7 Å². The predicted molar refractivity (Wildman–Crippen MR) is 123 cm³/mol. The van der Waals surface area contributed by atoms with Gasteiger partial charge in [-0.25, -0.2) is 4.90 Å². The molecule has 1 saturated heterocycles. The van der Waals surface area contributed by atoms with Gasteiger partial charge < -0.3 is 9.53 Å². The van der Waals surface area contributed by atoms with Crippen LogP contribution in [0.4, 0.5) is 5.69 Å². The minimum absolute atomic E-state index is 0.242. The molecule has 2 amide bonds. The minimum Gasteiger partial charge on any atom is -0.427 e. The number of hydrogen-bond acceptors (Lipinski definition) is 5. The fourth-order valence-electron chi connectivity index (χ4n) is 6.57. The molecule has 4 aliphatic rings. The number of amides is 2. The molecule has 2 bridgehead atoms. The fourth-order valence-corrected chi connectivity index (χ4v) is 6.57. The van der Waals surface area contributed by atoms with Gasteiger partial charge in [0, 0.05) is 18.4 Å². The summed E-state index contributed by atoms with van der Waals surface area (Å²) in [6.07, 6.45) is 0.852. The van der Waals surface area contributed by atoms with Gasteiger partial charge in [-0.2, -0.15) is 0 Å². The summed E-state index contributed by atoms with van der Waals surface area (Å²) in [6, 6.07) is 21.6. The summed E-state index contributed by atoms with van der Waals surface area (Å²) in [5, 5.41) is 0. The summed E-state index contributed by atoms with van der Waals surface area (Å²) in [4.78, 5) is 53.7. The second-order valence-corrected chi connectivity index (χ2v) is 9.34. The number of nitrogens with zero attached hydrogens (tertiary/aromatic N) is 1. The number of benzene rings is 3. The van der Waals surface area contributed by atoms with Crippen LogP contribution in [-0.4, -0.2) is 24.1 Å². The smallest absolute Gasteiger partial charge is 0.308 e. The Balaban J connectivity index is 1.61. The van der Waals surface area contributed by atoms with Crippen LogP contribution in [-0.2, 0) is 30.0 Å². The molecule has 3 aromatic rings. The number of rotatable bonds is 3. The van der Waals surface area contributed by atoms with E-state index in [0.717, 1.165) is 33.4 Å². The van der Waals surface area contributed by atoms with E-state index in [0.29, 0.717) is 5.69 Å². The van der Waals surface area contributed by atoms with Crippen molar-refractivity contribution in [3.05, 3.63) is 95.1 Å². The van der Waals surface area contributed by atoms with Gasteiger partial charge in [0.2, 0.25) is 11.8 Å². The number of carbonyl (C=O) groups excluding carboxylic acids is 4. The highest BCUT2D eigenvalue weighted by molar-refractivity contribution is 6.25. The van der Waals surface area contributed by atoms with Gasteiger partial charge in [0.25, 0.3) is 0 Å². The third kappa shape index (κ3) is 2.25. The van der Waals surface area contributed by atoms with Crippen LogP contribution in [0.15, 0.2) is 72.8 Å². The summed E-state index contributed by atoms with van der Waals surface area (Å²) in [6.45, 7) is 3.29. The first-order valence-corrected chi connectivity index (χ1v) is 11.2. The van der Waals surface area contributed by atoms with Crippen LogP contribution in [0.25, 0.3) is 0 Å². The maximum atomic E-state index is 14.0. The minimum atomic E-state index is -1.26. The molecule has 3 aromatic carbocycles. The second kappa shape index (κ2) is 6.73. The summed E-state index contributed by atoms with van der Waals surface area (Å²) < 4.78 is 5.18. The molecule has 0 N–H and O–H groups in total. The zero-order valence-corrected chi connectivity index (χ0v) is 18.6. The van der Waals surface area contributed by atoms with Crippen molar-refractivity contribution in [2.24, 2.45) is 11.8 Å². The van der Waals surface area contributed by atoms with Crippen LogP contribution in [0.2, 0.25) is 0 Å². The summed E-state index contributed by atoms with van der Waals surface area (Å²) in [5.74, 6) is -2.64. The number of ether oxygens (including phenoxy) is 1. The Morgan fingerprint density at radius 1 is 0.853 bits per heavy atom. The third-order valence-corrected chi connectivity index (χ3v) is 7.81. The molecule has 0 unspecified atom stereocenters. The van der Waals surface area contributed by atoms with Gasteiger partial charge in [-0.1, -0.05) is 61.5 Å². The summed E-state index contributed by atoms with van der Waals surface area (Å²) >= 11 is 0. The number of esters is 1. The van der Waals surface area contributed by atoms with E-state index in [1.807, 2.05) is 55.5 Å². The third-order valence-electron chi connectivity index (χ3n) is 7.81. The molecule has 7 rings (SSSR count). The SMILES string of the molecule is CC(=O)Oc1cccc(N2C(=O)[C@@H]3[C@H](C2=O)C2(C)c4ccccc4C3(C=O)c3ccccc32)c1. The Labute approximate surface area is 196 Å². The van der Waals surface area contributed by atoms with Gasteiger partial charge in [-0.05, 0) is 34.4 Å². The molecule has 0 spiro atoms. The van der Waals surface area contributed by atoms with Crippen molar-refractivity contribution in [1.82, 2.24) is 0 Å². The molecule has 2 atom stereocenters. The van der Waals surface area contributed by atoms with E-state index in [9.17, 15) is 19.2 Å². The number of hydrogen-bond donors (Lipinski definition) is 0. The Morgan fingerprint density at radius 2 is 1.41 bits per heavy atom.